The van der Waals surface area contributed by atoms with Crippen LogP contribution >= 0.6 is 11.3 Å². The minimum absolute atomic E-state index is 0.221. The van der Waals surface area contributed by atoms with E-state index in [0.29, 0.717) is 16.4 Å². The molecule has 2 aromatic carbocycles. The molecule has 144 valence electrons. The lowest BCUT2D eigenvalue weighted by Gasteiger charge is -2.01. The van der Waals surface area contributed by atoms with Gasteiger partial charge in [-0.05, 0) is 48.9 Å². The van der Waals surface area contributed by atoms with Crippen molar-refractivity contribution in [1.82, 2.24) is 15.2 Å². The van der Waals surface area contributed by atoms with E-state index in [2.05, 4.69) is 15.6 Å². The summed E-state index contributed by atoms with van der Waals surface area (Å²) < 4.78 is 12.5. The molecule has 0 saturated carbocycles. The molecule has 0 bridgehead atoms. The standard InChI is InChI=1S/C21H16N4O3S/c1-13-16-10-19(29-21(16)25(24-13)15-5-3-2-4-6-15)20(26)23-22-11-14-7-8-17-18(9-14)28-12-27-17/h2-11H,12H2,1H3,(H,23,26). The maximum absolute atomic E-state index is 12.6. The van der Waals surface area contributed by atoms with E-state index < -0.39 is 0 Å². The van der Waals surface area contributed by atoms with Crippen molar-refractivity contribution >= 4 is 33.7 Å². The van der Waals surface area contributed by atoms with Crippen molar-refractivity contribution < 1.29 is 14.3 Å². The van der Waals surface area contributed by atoms with Crippen molar-refractivity contribution in [3.8, 4) is 17.2 Å². The summed E-state index contributed by atoms with van der Waals surface area (Å²) in [4.78, 5) is 14.1. The molecule has 0 atom stereocenters. The first-order valence-corrected chi connectivity index (χ1v) is 9.78. The smallest absolute Gasteiger partial charge is 0.281 e. The topological polar surface area (TPSA) is 77.7 Å². The van der Waals surface area contributed by atoms with Crippen molar-refractivity contribution in [2.45, 2.75) is 6.92 Å². The maximum atomic E-state index is 12.6. The summed E-state index contributed by atoms with van der Waals surface area (Å²) >= 11 is 1.39. The fourth-order valence-electron chi connectivity index (χ4n) is 3.12. The van der Waals surface area contributed by atoms with Crippen molar-refractivity contribution in [3.05, 3.63) is 70.7 Å². The van der Waals surface area contributed by atoms with Crippen LogP contribution in [0.4, 0.5) is 0 Å². The van der Waals surface area contributed by atoms with Crippen LogP contribution in [0.2, 0.25) is 0 Å². The molecule has 8 heteroatoms. The third-order valence-electron chi connectivity index (χ3n) is 4.55. The first kappa shape index (κ1) is 17.4. The Kier molecular flexibility index (Phi) is 4.25. The number of benzene rings is 2. The van der Waals surface area contributed by atoms with E-state index in [1.54, 1.807) is 6.21 Å². The second-order valence-corrected chi connectivity index (χ2v) is 7.50. The molecule has 0 aliphatic carbocycles. The number of hydrogen-bond donors (Lipinski definition) is 1. The van der Waals surface area contributed by atoms with E-state index in [1.165, 1.54) is 11.3 Å². The quantitative estimate of drug-likeness (QED) is 0.414. The van der Waals surface area contributed by atoms with Gasteiger partial charge in [0.15, 0.2) is 11.5 Å². The summed E-state index contributed by atoms with van der Waals surface area (Å²) in [6, 6.07) is 17.2. The van der Waals surface area contributed by atoms with Gasteiger partial charge in [0.25, 0.3) is 5.91 Å². The minimum atomic E-state index is -0.262. The summed E-state index contributed by atoms with van der Waals surface area (Å²) in [5.41, 5.74) is 5.23. The van der Waals surface area contributed by atoms with Crippen LogP contribution in [0.15, 0.2) is 59.7 Å². The van der Waals surface area contributed by atoms with Crippen molar-refractivity contribution in [1.29, 1.82) is 0 Å². The van der Waals surface area contributed by atoms with Crippen LogP contribution in [0.5, 0.6) is 11.5 Å². The van der Waals surface area contributed by atoms with Gasteiger partial charge in [-0.25, -0.2) is 10.1 Å². The fourth-order valence-corrected chi connectivity index (χ4v) is 4.19. The van der Waals surface area contributed by atoms with Crippen LogP contribution in [0.1, 0.15) is 20.9 Å². The highest BCUT2D eigenvalue weighted by atomic mass is 32.1. The van der Waals surface area contributed by atoms with Gasteiger partial charge in [0.05, 0.1) is 22.5 Å². The number of para-hydroxylation sites is 1. The first-order valence-electron chi connectivity index (χ1n) is 8.97. The predicted octanol–water partition coefficient (Wildman–Crippen LogP) is 3.89. The van der Waals surface area contributed by atoms with Crippen LogP contribution in [0, 0.1) is 6.92 Å². The first-order chi connectivity index (χ1) is 14.2. The monoisotopic (exact) mass is 404 g/mol. The zero-order valence-electron chi connectivity index (χ0n) is 15.5. The van der Waals surface area contributed by atoms with E-state index in [0.717, 1.165) is 27.2 Å². The Balaban J connectivity index is 1.36. The number of ether oxygens (including phenoxy) is 2. The van der Waals surface area contributed by atoms with E-state index in [4.69, 9.17) is 9.47 Å². The normalized spacial score (nSPS) is 12.7. The van der Waals surface area contributed by atoms with Gasteiger partial charge in [-0.15, -0.1) is 11.3 Å². The van der Waals surface area contributed by atoms with Gasteiger partial charge in [0.2, 0.25) is 6.79 Å². The number of aryl methyl sites for hydroxylation is 1. The third-order valence-corrected chi connectivity index (χ3v) is 5.65. The molecule has 0 saturated heterocycles. The number of fused-ring (bicyclic) bond motifs is 2. The Bertz CT molecular complexity index is 1240. The zero-order valence-corrected chi connectivity index (χ0v) is 16.3. The Morgan fingerprint density at radius 3 is 2.86 bits per heavy atom. The molecule has 1 amide bonds. The highest BCUT2D eigenvalue weighted by molar-refractivity contribution is 7.20. The summed E-state index contributed by atoms with van der Waals surface area (Å²) in [6.45, 7) is 2.16. The lowest BCUT2D eigenvalue weighted by Crippen LogP contribution is -2.16. The zero-order chi connectivity index (χ0) is 19.8. The lowest BCUT2D eigenvalue weighted by molar-refractivity contribution is 0.0959. The summed E-state index contributed by atoms with van der Waals surface area (Å²) in [5.74, 6) is 1.12. The third kappa shape index (κ3) is 3.23. The molecule has 3 heterocycles. The minimum Gasteiger partial charge on any atom is -0.454 e. The van der Waals surface area contributed by atoms with Crippen LogP contribution in [0.25, 0.3) is 15.9 Å². The van der Waals surface area contributed by atoms with E-state index >= 15 is 0 Å². The van der Waals surface area contributed by atoms with Gasteiger partial charge in [-0.2, -0.15) is 10.2 Å². The molecular formula is C21H16N4O3S. The van der Waals surface area contributed by atoms with Gasteiger partial charge < -0.3 is 9.47 Å². The number of thiophene rings is 1. The summed E-state index contributed by atoms with van der Waals surface area (Å²) in [7, 11) is 0. The number of nitrogens with one attached hydrogen (secondary N) is 1. The average molecular weight is 404 g/mol. The van der Waals surface area contributed by atoms with Crippen LogP contribution < -0.4 is 14.9 Å². The largest absolute Gasteiger partial charge is 0.454 e. The average Bonchev–Trinajstić information content (AvgIpc) is 3.45. The Hall–Kier alpha value is -3.65. The highest BCUT2D eigenvalue weighted by Crippen LogP contribution is 2.32. The van der Waals surface area contributed by atoms with Crippen molar-refractivity contribution in [2.24, 2.45) is 5.10 Å². The number of carbonyl (C=O) groups excluding carboxylic acids is 1. The Labute approximate surface area is 170 Å². The lowest BCUT2D eigenvalue weighted by atomic mass is 10.2. The molecule has 5 rings (SSSR count). The van der Waals surface area contributed by atoms with Crippen molar-refractivity contribution in [2.75, 3.05) is 6.79 Å². The molecular weight excluding hydrogens is 388 g/mol. The Morgan fingerprint density at radius 2 is 2.00 bits per heavy atom. The molecule has 0 spiro atoms. The van der Waals surface area contributed by atoms with Gasteiger partial charge in [0.1, 0.15) is 4.83 Å². The number of rotatable bonds is 4. The molecule has 7 nitrogen and oxygen atoms in total. The number of amides is 1. The molecule has 0 radical (unpaired) electrons. The van der Waals surface area contributed by atoms with E-state index in [9.17, 15) is 4.79 Å². The second-order valence-electron chi connectivity index (χ2n) is 6.47. The summed E-state index contributed by atoms with van der Waals surface area (Å²) in [6.07, 6.45) is 1.57. The molecule has 0 unspecified atom stereocenters. The van der Waals surface area contributed by atoms with Gasteiger partial charge >= 0.3 is 0 Å². The predicted molar refractivity (Wildman–Crippen MR) is 111 cm³/mol. The van der Waals surface area contributed by atoms with Crippen LogP contribution in [-0.2, 0) is 0 Å². The second kappa shape index (κ2) is 7.06. The van der Waals surface area contributed by atoms with Gasteiger partial charge in [-0.1, -0.05) is 18.2 Å². The van der Waals surface area contributed by atoms with Crippen molar-refractivity contribution in [3.63, 3.8) is 0 Å². The van der Waals surface area contributed by atoms with Gasteiger partial charge in [0, 0.05) is 5.39 Å². The fraction of sp³-hybridized carbons (Fsp3) is 0.0952. The van der Waals surface area contributed by atoms with E-state index in [1.807, 2.05) is 66.2 Å². The molecule has 29 heavy (non-hydrogen) atoms. The summed E-state index contributed by atoms with van der Waals surface area (Å²) in [5, 5.41) is 9.62. The van der Waals surface area contributed by atoms with Crippen LogP contribution in [0.3, 0.4) is 0 Å². The number of carbonyl (C=O) groups is 1. The number of hydrazone groups is 1. The number of hydrogen-bond acceptors (Lipinski definition) is 6. The SMILES string of the molecule is Cc1nn(-c2ccccc2)c2sc(C(=O)NN=Cc3ccc4c(c3)OCO4)cc12. The number of aromatic nitrogens is 2. The molecule has 1 aliphatic rings. The molecule has 4 aromatic rings. The Morgan fingerprint density at radius 1 is 1.17 bits per heavy atom. The molecule has 0 fully saturated rings. The molecule has 2 aromatic heterocycles. The van der Waals surface area contributed by atoms with Gasteiger partial charge in [-0.3, -0.25) is 4.79 Å². The molecule has 1 aliphatic heterocycles. The highest BCUT2D eigenvalue weighted by Gasteiger charge is 2.17. The number of nitrogens with zero attached hydrogens (tertiary/aromatic N) is 3. The molecule has 1 N–H and O–H groups in total. The van der Waals surface area contributed by atoms with E-state index in [-0.39, 0.29) is 12.7 Å². The van der Waals surface area contributed by atoms with Crippen LogP contribution in [-0.4, -0.2) is 28.7 Å². The maximum Gasteiger partial charge on any atom is 0.281 e.